The van der Waals surface area contributed by atoms with Crippen LogP contribution >= 0.6 is 11.6 Å². The van der Waals surface area contributed by atoms with Crippen molar-refractivity contribution in [1.82, 2.24) is 5.32 Å². The Morgan fingerprint density at radius 3 is 2.30 bits per heavy atom. The lowest BCUT2D eigenvalue weighted by atomic mass is 9.95. The van der Waals surface area contributed by atoms with Crippen molar-refractivity contribution in [2.45, 2.75) is 26.8 Å². The van der Waals surface area contributed by atoms with Crippen LogP contribution in [0.4, 0.5) is 4.39 Å². The summed E-state index contributed by atoms with van der Waals surface area (Å²) >= 11 is 6.40. The second kappa shape index (κ2) is 6.38. The molecule has 1 N–H and O–H groups in total. The monoisotopic (exact) mass is 291 g/mol. The number of hydrogen-bond acceptors (Lipinski definition) is 1. The van der Waals surface area contributed by atoms with Crippen molar-refractivity contribution in [3.63, 3.8) is 0 Å². The van der Waals surface area contributed by atoms with Gasteiger partial charge in [-0.05, 0) is 60.8 Å². The molecule has 2 aromatic carbocycles. The number of aryl methyl sites for hydroxylation is 2. The van der Waals surface area contributed by atoms with Crippen LogP contribution in [0, 0.1) is 19.7 Å². The van der Waals surface area contributed by atoms with Crippen LogP contribution in [0.25, 0.3) is 0 Å². The first-order valence-corrected chi connectivity index (χ1v) is 7.16. The van der Waals surface area contributed by atoms with Gasteiger partial charge in [-0.25, -0.2) is 4.39 Å². The lowest BCUT2D eigenvalue weighted by Gasteiger charge is -2.21. The van der Waals surface area contributed by atoms with Crippen molar-refractivity contribution in [1.29, 1.82) is 0 Å². The minimum atomic E-state index is -0.227. The summed E-state index contributed by atoms with van der Waals surface area (Å²) in [5.74, 6) is -0.227. The summed E-state index contributed by atoms with van der Waals surface area (Å²) in [5, 5.41) is 4.15. The molecule has 0 saturated heterocycles. The quantitative estimate of drug-likeness (QED) is 0.853. The normalized spacial score (nSPS) is 12.4. The average molecular weight is 292 g/mol. The maximum atomic E-state index is 13.1. The summed E-state index contributed by atoms with van der Waals surface area (Å²) in [6.07, 6.45) is 0. The Morgan fingerprint density at radius 2 is 1.70 bits per heavy atom. The van der Waals surface area contributed by atoms with Crippen molar-refractivity contribution in [3.05, 3.63) is 69.5 Å². The highest BCUT2D eigenvalue weighted by molar-refractivity contribution is 6.31. The largest absolute Gasteiger partial charge is 0.306 e. The molecule has 0 heterocycles. The van der Waals surface area contributed by atoms with Crippen LogP contribution in [-0.2, 0) is 0 Å². The van der Waals surface area contributed by atoms with E-state index in [2.05, 4.69) is 18.3 Å². The SMILES string of the molecule is CCNC(c1ccc(F)cc1)c1cc(C)c(C)cc1Cl. The number of halogens is 2. The first-order chi connectivity index (χ1) is 9.52. The topological polar surface area (TPSA) is 12.0 Å². The van der Waals surface area contributed by atoms with Crippen LogP contribution < -0.4 is 5.32 Å². The van der Waals surface area contributed by atoms with Gasteiger partial charge in [-0.3, -0.25) is 0 Å². The van der Waals surface area contributed by atoms with Crippen molar-refractivity contribution in [3.8, 4) is 0 Å². The zero-order chi connectivity index (χ0) is 14.7. The fourth-order valence-corrected chi connectivity index (χ4v) is 2.62. The number of benzene rings is 2. The highest BCUT2D eigenvalue weighted by atomic mass is 35.5. The first kappa shape index (κ1) is 15.0. The Kier molecular flexibility index (Phi) is 4.79. The van der Waals surface area contributed by atoms with Gasteiger partial charge in [0, 0.05) is 5.02 Å². The fourth-order valence-electron chi connectivity index (χ4n) is 2.29. The van der Waals surface area contributed by atoms with Gasteiger partial charge in [0.2, 0.25) is 0 Å². The van der Waals surface area contributed by atoms with E-state index in [1.54, 1.807) is 12.1 Å². The Labute approximate surface area is 124 Å². The summed E-state index contributed by atoms with van der Waals surface area (Å²) in [7, 11) is 0. The Morgan fingerprint density at radius 1 is 1.10 bits per heavy atom. The molecule has 2 rings (SSSR count). The summed E-state index contributed by atoms with van der Waals surface area (Å²) in [6, 6.07) is 10.6. The van der Waals surface area contributed by atoms with Crippen LogP contribution in [0.3, 0.4) is 0 Å². The molecular weight excluding hydrogens is 273 g/mol. The number of nitrogens with one attached hydrogen (secondary N) is 1. The van der Waals surface area contributed by atoms with E-state index in [4.69, 9.17) is 11.6 Å². The molecule has 3 heteroatoms. The van der Waals surface area contributed by atoms with E-state index in [-0.39, 0.29) is 11.9 Å². The molecule has 1 unspecified atom stereocenters. The third-order valence-corrected chi connectivity index (χ3v) is 3.86. The van der Waals surface area contributed by atoms with Gasteiger partial charge < -0.3 is 5.32 Å². The van der Waals surface area contributed by atoms with E-state index < -0.39 is 0 Å². The van der Waals surface area contributed by atoms with Crippen LogP contribution in [-0.4, -0.2) is 6.54 Å². The van der Waals surface area contributed by atoms with Gasteiger partial charge in [0.05, 0.1) is 6.04 Å². The number of hydrogen-bond donors (Lipinski definition) is 1. The van der Waals surface area contributed by atoms with E-state index in [1.807, 2.05) is 19.9 Å². The molecule has 0 aliphatic carbocycles. The van der Waals surface area contributed by atoms with Crippen LogP contribution in [0.15, 0.2) is 36.4 Å². The molecule has 0 aliphatic heterocycles. The number of rotatable bonds is 4. The molecule has 0 aromatic heterocycles. The first-order valence-electron chi connectivity index (χ1n) is 6.78. The zero-order valence-electron chi connectivity index (χ0n) is 12.0. The predicted octanol–water partition coefficient (Wildman–Crippen LogP) is 4.79. The molecule has 1 atom stereocenters. The minimum Gasteiger partial charge on any atom is -0.306 e. The van der Waals surface area contributed by atoms with E-state index in [9.17, 15) is 4.39 Å². The van der Waals surface area contributed by atoms with Crippen molar-refractivity contribution in [2.24, 2.45) is 0 Å². The van der Waals surface area contributed by atoms with E-state index in [1.165, 1.54) is 23.3 Å². The lowest BCUT2D eigenvalue weighted by molar-refractivity contribution is 0.613. The van der Waals surface area contributed by atoms with E-state index in [0.29, 0.717) is 0 Å². The Bertz CT molecular complexity index is 593. The van der Waals surface area contributed by atoms with Gasteiger partial charge in [-0.2, -0.15) is 0 Å². The molecule has 0 saturated carbocycles. The average Bonchev–Trinajstić information content (AvgIpc) is 2.42. The maximum Gasteiger partial charge on any atom is 0.123 e. The third-order valence-electron chi connectivity index (χ3n) is 3.54. The lowest BCUT2D eigenvalue weighted by Crippen LogP contribution is -2.22. The summed E-state index contributed by atoms with van der Waals surface area (Å²) in [6.45, 7) is 6.98. The highest BCUT2D eigenvalue weighted by Crippen LogP contribution is 2.30. The fraction of sp³-hybridized carbons (Fsp3) is 0.294. The van der Waals surface area contributed by atoms with Gasteiger partial charge in [0.15, 0.2) is 0 Å². The molecule has 1 nitrogen and oxygen atoms in total. The van der Waals surface area contributed by atoms with Gasteiger partial charge in [0.25, 0.3) is 0 Å². The van der Waals surface area contributed by atoms with Crippen molar-refractivity contribution in [2.75, 3.05) is 6.54 Å². The highest BCUT2D eigenvalue weighted by Gasteiger charge is 2.17. The van der Waals surface area contributed by atoms with Crippen molar-refractivity contribution < 1.29 is 4.39 Å². The van der Waals surface area contributed by atoms with Gasteiger partial charge in [0.1, 0.15) is 5.82 Å². The maximum absolute atomic E-state index is 13.1. The molecular formula is C17H19ClFN. The molecule has 20 heavy (non-hydrogen) atoms. The molecule has 2 aromatic rings. The molecule has 106 valence electrons. The second-order valence-corrected chi connectivity index (χ2v) is 5.41. The van der Waals surface area contributed by atoms with Crippen molar-refractivity contribution >= 4 is 11.6 Å². The molecule has 0 radical (unpaired) electrons. The van der Waals surface area contributed by atoms with Crippen LogP contribution in [0.1, 0.15) is 35.2 Å². The van der Waals surface area contributed by atoms with Gasteiger partial charge in [-0.15, -0.1) is 0 Å². The molecule has 0 aliphatic rings. The molecule has 0 bridgehead atoms. The Hall–Kier alpha value is -1.38. The van der Waals surface area contributed by atoms with Crippen LogP contribution in [0.5, 0.6) is 0 Å². The van der Waals surface area contributed by atoms with E-state index in [0.717, 1.165) is 22.7 Å². The Balaban J connectivity index is 2.48. The van der Waals surface area contributed by atoms with Crippen LogP contribution in [0.2, 0.25) is 5.02 Å². The second-order valence-electron chi connectivity index (χ2n) is 5.00. The summed E-state index contributed by atoms with van der Waals surface area (Å²) in [4.78, 5) is 0. The van der Waals surface area contributed by atoms with Gasteiger partial charge >= 0.3 is 0 Å². The standard InChI is InChI=1S/C17H19ClFN/c1-4-20-17(13-5-7-14(19)8-6-13)15-9-11(2)12(3)10-16(15)18/h5-10,17,20H,4H2,1-3H3. The molecule has 0 spiro atoms. The molecule has 0 amide bonds. The summed E-state index contributed by atoms with van der Waals surface area (Å²) < 4.78 is 13.1. The van der Waals surface area contributed by atoms with Gasteiger partial charge in [-0.1, -0.05) is 36.7 Å². The van der Waals surface area contributed by atoms with E-state index >= 15 is 0 Å². The zero-order valence-corrected chi connectivity index (χ0v) is 12.8. The predicted molar refractivity (Wildman–Crippen MR) is 82.8 cm³/mol. The molecule has 0 fully saturated rings. The smallest absolute Gasteiger partial charge is 0.123 e. The minimum absolute atomic E-state index is 0.0209. The third kappa shape index (κ3) is 3.20. The summed E-state index contributed by atoms with van der Waals surface area (Å²) in [5.41, 5.74) is 4.42.